The van der Waals surface area contributed by atoms with Crippen molar-refractivity contribution in [2.75, 3.05) is 5.32 Å². The predicted octanol–water partition coefficient (Wildman–Crippen LogP) is 2.08. The minimum absolute atomic E-state index is 0.478. The number of hydrogen-bond acceptors (Lipinski definition) is 6. The fraction of sp³-hybridized carbons (Fsp3) is 0.125. The van der Waals surface area contributed by atoms with Crippen LogP contribution in [0.25, 0.3) is 0 Å². The van der Waals surface area contributed by atoms with E-state index in [0.29, 0.717) is 12.2 Å². The number of aromatic nitrogens is 2. The summed E-state index contributed by atoms with van der Waals surface area (Å²) in [5.41, 5.74) is 0.478. The highest BCUT2D eigenvalue weighted by atomic mass is 32.1. The maximum atomic E-state index is 8.57. The molecule has 2 heterocycles. The highest BCUT2D eigenvalue weighted by molar-refractivity contribution is 7.13. The maximum Gasteiger partial charge on any atom is 0.182 e. The van der Waals surface area contributed by atoms with Crippen LogP contribution in [-0.2, 0) is 6.54 Å². The molecule has 0 saturated carbocycles. The van der Waals surface area contributed by atoms with E-state index in [1.165, 1.54) is 11.3 Å². The lowest BCUT2D eigenvalue weighted by molar-refractivity contribution is 1.08. The topological polar surface area (TPSA) is 61.6 Å². The zero-order valence-corrected chi connectivity index (χ0v) is 8.73. The van der Waals surface area contributed by atoms with Gasteiger partial charge in [0.1, 0.15) is 11.1 Å². The van der Waals surface area contributed by atoms with Crippen molar-refractivity contribution >= 4 is 27.8 Å². The van der Waals surface area contributed by atoms with Crippen molar-refractivity contribution in [1.82, 2.24) is 9.97 Å². The van der Waals surface area contributed by atoms with Crippen LogP contribution in [0.4, 0.5) is 5.13 Å². The van der Waals surface area contributed by atoms with Gasteiger partial charge in [-0.15, -0.1) is 22.7 Å². The number of nitrogens with one attached hydrogen (secondary N) is 1. The zero-order chi connectivity index (χ0) is 9.80. The first-order valence-electron chi connectivity index (χ1n) is 3.86. The molecule has 0 atom stereocenters. The number of hydrogen-bond donors (Lipinski definition) is 1. The van der Waals surface area contributed by atoms with Crippen LogP contribution in [0.3, 0.4) is 0 Å². The second-order valence-electron chi connectivity index (χ2n) is 2.43. The van der Waals surface area contributed by atoms with Crippen molar-refractivity contribution in [1.29, 1.82) is 5.26 Å². The summed E-state index contributed by atoms with van der Waals surface area (Å²) in [6.45, 7) is 0.625. The molecule has 2 aromatic rings. The fourth-order valence-electron chi connectivity index (χ4n) is 0.905. The highest BCUT2D eigenvalue weighted by Gasteiger charge is 2.01. The second kappa shape index (κ2) is 4.17. The normalized spacial score (nSPS) is 9.64. The minimum Gasteiger partial charge on any atom is -0.355 e. The average molecular weight is 222 g/mol. The van der Waals surface area contributed by atoms with Crippen LogP contribution in [0.15, 0.2) is 17.0 Å². The van der Waals surface area contributed by atoms with Crippen molar-refractivity contribution in [3.8, 4) is 6.07 Å². The third-order valence-electron chi connectivity index (χ3n) is 1.49. The van der Waals surface area contributed by atoms with Gasteiger partial charge >= 0.3 is 0 Å². The van der Waals surface area contributed by atoms with Crippen molar-refractivity contribution in [2.45, 2.75) is 6.54 Å². The smallest absolute Gasteiger partial charge is 0.182 e. The van der Waals surface area contributed by atoms with Crippen molar-refractivity contribution in [3.05, 3.63) is 27.7 Å². The summed E-state index contributed by atoms with van der Waals surface area (Å²) in [6.07, 6.45) is 1.75. The Balaban J connectivity index is 1.96. The molecule has 0 bridgehead atoms. The van der Waals surface area contributed by atoms with Gasteiger partial charge in [0, 0.05) is 17.0 Å². The molecule has 0 amide bonds. The average Bonchev–Trinajstić information content (AvgIpc) is 2.86. The van der Waals surface area contributed by atoms with Gasteiger partial charge in [0.15, 0.2) is 10.8 Å². The molecule has 0 aliphatic rings. The molecule has 70 valence electrons. The van der Waals surface area contributed by atoms with E-state index in [9.17, 15) is 0 Å². The van der Waals surface area contributed by atoms with E-state index in [4.69, 9.17) is 5.26 Å². The zero-order valence-electron chi connectivity index (χ0n) is 7.10. The van der Waals surface area contributed by atoms with Crippen LogP contribution < -0.4 is 5.32 Å². The van der Waals surface area contributed by atoms with Gasteiger partial charge < -0.3 is 5.32 Å². The summed E-state index contributed by atoms with van der Waals surface area (Å²) in [5.74, 6) is 0. The summed E-state index contributed by atoms with van der Waals surface area (Å²) >= 11 is 3.02. The Hall–Kier alpha value is -1.45. The van der Waals surface area contributed by atoms with Crippen LogP contribution in [0.2, 0.25) is 0 Å². The Labute approximate surface area is 88.9 Å². The summed E-state index contributed by atoms with van der Waals surface area (Å²) in [4.78, 5) is 8.18. The molecule has 4 nitrogen and oxygen atoms in total. The Morgan fingerprint density at radius 1 is 1.50 bits per heavy atom. The van der Waals surface area contributed by atoms with E-state index >= 15 is 0 Å². The van der Waals surface area contributed by atoms with Gasteiger partial charge in [0.05, 0.1) is 6.54 Å². The minimum atomic E-state index is 0.478. The molecule has 0 aliphatic heterocycles. The molecule has 0 radical (unpaired) electrons. The molecule has 0 aromatic carbocycles. The summed E-state index contributed by atoms with van der Waals surface area (Å²) in [6, 6.07) is 2.00. The number of thiazole rings is 2. The van der Waals surface area contributed by atoms with Crippen molar-refractivity contribution < 1.29 is 0 Å². The number of nitriles is 1. The van der Waals surface area contributed by atoms with Gasteiger partial charge in [0.2, 0.25) is 0 Å². The molecular formula is C8H6N4S2. The first-order valence-corrected chi connectivity index (χ1v) is 5.62. The number of nitrogens with zero attached hydrogens (tertiary/aromatic N) is 3. The largest absolute Gasteiger partial charge is 0.355 e. The fourth-order valence-corrected chi connectivity index (χ4v) is 2.09. The van der Waals surface area contributed by atoms with Gasteiger partial charge in [-0.25, -0.2) is 9.97 Å². The first-order chi connectivity index (χ1) is 6.88. The lowest BCUT2D eigenvalue weighted by Crippen LogP contribution is -1.97. The van der Waals surface area contributed by atoms with E-state index in [1.807, 2.05) is 11.4 Å². The number of rotatable bonds is 3. The Kier molecular flexibility index (Phi) is 2.72. The molecule has 0 saturated heterocycles. The predicted molar refractivity (Wildman–Crippen MR) is 56.3 cm³/mol. The summed E-state index contributed by atoms with van der Waals surface area (Å²) in [7, 11) is 0. The lowest BCUT2D eigenvalue weighted by atomic mass is 10.5. The first kappa shape index (κ1) is 9.12. The molecule has 1 N–H and O–H groups in total. The molecule has 0 fully saturated rings. The Morgan fingerprint density at radius 2 is 2.43 bits per heavy atom. The molecule has 0 aliphatic carbocycles. The molecule has 2 aromatic heterocycles. The summed E-state index contributed by atoms with van der Waals surface area (Å²) < 4.78 is 0. The summed E-state index contributed by atoms with van der Waals surface area (Å²) in [5, 5.41) is 17.1. The molecule has 0 unspecified atom stereocenters. The number of anilines is 1. The van der Waals surface area contributed by atoms with Crippen LogP contribution in [0.1, 0.15) is 10.7 Å². The Bertz CT molecular complexity index is 440. The highest BCUT2D eigenvalue weighted by Crippen LogP contribution is 2.14. The van der Waals surface area contributed by atoms with Crippen molar-refractivity contribution in [3.63, 3.8) is 0 Å². The van der Waals surface area contributed by atoms with E-state index in [-0.39, 0.29) is 0 Å². The molecular weight excluding hydrogens is 216 g/mol. The Morgan fingerprint density at radius 3 is 3.07 bits per heavy atom. The quantitative estimate of drug-likeness (QED) is 0.863. The van der Waals surface area contributed by atoms with E-state index in [1.54, 1.807) is 22.9 Å². The second-order valence-corrected chi connectivity index (χ2v) is 4.27. The molecule has 6 heteroatoms. The maximum absolute atomic E-state index is 8.57. The SMILES string of the molecule is N#Cc1csc(CNc2nccs2)n1. The van der Waals surface area contributed by atoms with E-state index < -0.39 is 0 Å². The van der Waals surface area contributed by atoms with E-state index in [2.05, 4.69) is 15.3 Å². The van der Waals surface area contributed by atoms with E-state index in [0.717, 1.165) is 10.1 Å². The van der Waals surface area contributed by atoms with Gasteiger partial charge in [-0.05, 0) is 0 Å². The van der Waals surface area contributed by atoms with Crippen molar-refractivity contribution in [2.24, 2.45) is 0 Å². The van der Waals surface area contributed by atoms with Gasteiger partial charge in [-0.3, -0.25) is 0 Å². The van der Waals surface area contributed by atoms with Gasteiger partial charge in [-0.2, -0.15) is 5.26 Å². The third kappa shape index (κ3) is 2.07. The monoisotopic (exact) mass is 222 g/mol. The van der Waals surface area contributed by atoms with Crippen LogP contribution >= 0.6 is 22.7 Å². The van der Waals surface area contributed by atoms with Gasteiger partial charge in [0.25, 0.3) is 0 Å². The lowest BCUT2D eigenvalue weighted by Gasteiger charge is -1.96. The van der Waals surface area contributed by atoms with Crippen LogP contribution in [0, 0.1) is 11.3 Å². The third-order valence-corrected chi connectivity index (χ3v) is 3.07. The van der Waals surface area contributed by atoms with Crippen LogP contribution in [0.5, 0.6) is 0 Å². The molecule has 14 heavy (non-hydrogen) atoms. The molecule has 0 spiro atoms. The standard InChI is InChI=1S/C8H6N4S2/c9-3-6-5-14-7(12-6)4-11-8-10-1-2-13-8/h1-2,5H,4H2,(H,10,11). The van der Waals surface area contributed by atoms with Gasteiger partial charge in [-0.1, -0.05) is 0 Å². The van der Waals surface area contributed by atoms with Crippen LogP contribution in [-0.4, -0.2) is 9.97 Å². The molecule has 2 rings (SSSR count).